The molecule has 0 saturated heterocycles. The van der Waals surface area contributed by atoms with Gasteiger partial charge in [-0.3, -0.25) is 0 Å². The molecular weight excluding hydrogens is 216 g/mol. The van der Waals surface area contributed by atoms with Crippen LogP contribution in [0.3, 0.4) is 0 Å². The zero-order valence-corrected chi connectivity index (χ0v) is 9.38. The van der Waals surface area contributed by atoms with Gasteiger partial charge in [0.1, 0.15) is 17.1 Å². The van der Waals surface area contributed by atoms with Gasteiger partial charge >= 0.3 is 5.97 Å². The van der Waals surface area contributed by atoms with Crippen LogP contribution in [0, 0.1) is 6.92 Å². The molecule has 2 aromatic rings. The van der Waals surface area contributed by atoms with Crippen molar-refractivity contribution in [3.8, 4) is 11.5 Å². The Labute approximate surface area is 99.3 Å². The van der Waals surface area contributed by atoms with Crippen molar-refractivity contribution in [3.63, 3.8) is 0 Å². The van der Waals surface area contributed by atoms with Crippen molar-refractivity contribution in [3.05, 3.63) is 59.7 Å². The second-order valence-corrected chi connectivity index (χ2v) is 3.67. The Morgan fingerprint density at radius 2 is 1.71 bits per heavy atom. The number of rotatable bonds is 2. The fourth-order valence-corrected chi connectivity index (χ4v) is 1.47. The van der Waals surface area contributed by atoms with E-state index in [-0.39, 0.29) is 11.3 Å². The van der Waals surface area contributed by atoms with Crippen molar-refractivity contribution in [2.75, 3.05) is 0 Å². The molecule has 3 heteroatoms. The smallest absolute Gasteiger partial charge is 0.347 e. The van der Waals surface area contributed by atoms with Crippen LogP contribution in [0.15, 0.2) is 48.5 Å². The Morgan fingerprint density at radius 3 is 2.41 bits per heavy atom. The van der Waals surface area contributed by atoms with Crippen LogP contribution in [0.5, 0.6) is 11.5 Å². The van der Waals surface area contributed by atoms with Gasteiger partial charge in [-0.15, -0.1) is 0 Å². The monoisotopic (exact) mass is 228 g/mol. The highest BCUT2D eigenvalue weighted by atomic mass is 16.5. The lowest BCUT2D eigenvalue weighted by atomic mass is 10.2. The molecule has 0 unspecified atom stereocenters. The predicted octanol–water partition coefficient (Wildman–Crippen LogP) is 2.92. The minimum atomic E-state index is -0.558. The van der Waals surface area contributed by atoms with Gasteiger partial charge in [-0.2, -0.15) is 0 Å². The molecule has 0 aliphatic carbocycles. The van der Waals surface area contributed by atoms with Crippen LogP contribution in [-0.4, -0.2) is 11.1 Å². The van der Waals surface area contributed by atoms with Crippen LogP contribution in [0.2, 0.25) is 0 Å². The molecule has 3 nitrogen and oxygen atoms in total. The van der Waals surface area contributed by atoms with Crippen molar-refractivity contribution in [1.29, 1.82) is 0 Å². The van der Waals surface area contributed by atoms with Gasteiger partial charge in [-0.1, -0.05) is 30.3 Å². The van der Waals surface area contributed by atoms with E-state index in [9.17, 15) is 9.90 Å². The molecule has 0 aromatic heterocycles. The topological polar surface area (TPSA) is 46.5 Å². The summed E-state index contributed by atoms with van der Waals surface area (Å²) < 4.78 is 5.21. The number of aryl methyl sites for hydroxylation is 1. The molecule has 17 heavy (non-hydrogen) atoms. The first-order chi connectivity index (χ1) is 8.18. The molecule has 0 aliphatic heterocycles. The number of phenolic OH excluding ortho intramolecular Hbond substituents is 1. The first kappa shape index (κ1) is 11.2. The van der Waals surface area contributed by atoms with E-state index in [1.165, 1.54) is 12.1 Å². The first-order valence-electron chi connectivity index (χ1n) is 5.24. The van der Waals surface area contributed by atoms with Crippen LogP contribution in [0.25, 0.3) is 0 Å². The van der Waals surface area contributed by atoms with Crippen molar-refractivity contribution >= 4 is 5.97 Å². The molecule has 0 atom stereocenters. The summed E-state index contributed by atoms with van der Waals surface area (Å²) in [7, 11) is 0. The van der Waals surface area contributed by atoms with Gasteiger partial charge in [0.2, 0.25) is 0 Å². The number of ether oxygens (including phenoxy) is 1. The molecule has 0 spiro atoms. The van der Waals surface area contributed by atoms with Crippen LogP contribution in [0.1, 0.15) is 15.9 Å². The summed E-state index contributed by atoms with van der Waals surface area (Å²) in [5, 5.41) is 9.53. The number of phenols is 1. The van der Waals surface area contributed by atoms with Crippen molar-refractivity contribution < 1.29 is 14.6 Å². The van der Waals surface area contributed by atoms with Crippen LogP contribution in [0.4, 0.5) is 0 Å². The molecule has 86 valence electrons. The SMILES string of the molecule is Cc1ccccc1OC(=O)c1ccccc1O. The minimum Gasteiger partial charge on any atom is -0.507 e. The summed E-state index contributed by atoms with van der Waals surface area (Å²) in [5.41, 5.74) is 1.03. The third-order valence-electron chi connectivity index (χ3n) is 2.42. The fraction of sp³-hybridized carbons (Fsp3) is 0.0714. The molecule has 0 aliphatic rings. The fourth-order valence-electron chi connectivity index (χ4n) is 1.47. The summed E-state index contributed by atoms with van der Waals surface area (Å²) in [6.45, 7) is 1.85. The van der Waals surface area contributed by atoms with Gasteiger partial charge in [0.05, 0.1) is 0 Å². The number of para-hydroxylation sites is 2. The zero-order valence-electron chi connectivity index (χ0n) is 9.38. The molecule has 0 bridgehead atoms. The number of benzene rings is 2. The highest BCUT2D eigenvalue weighted by Crippen LogP contribution is 2.21. The number of esters is 1. The average Bonchev–Trinajstić information content (AvgIpc) is 2.32. The molecule has 1 N–H and O–H groups in total. The van der Waals surface area contributed by atoms with Crippen molar-refractivity contribution in [1.82, 2.24) is 0 Å². The van der Waals surface area contributed by atoms with E-state index < -0.39 is 5.97 Å². The zero-order chi connectivity index (χ0) is 12.3. The maximum Gasteiger partial charge on any atom is 0.347 e. The lowest BCUT2D eigenvalue weighted by Gasteiger charge is -2.07. The molecular formula is C14H12O3. The van der Waals surface area contributed by atoms with Crippen molar-refractivity contribution in [2.24, 2.45) is 0 Å². The molecule has 2 aromatic carbocycles. The lowest BCUT2D eigenvalue weighted by molar-refractivity contribution is 0.0730. The van der Waals surface area contributed by atoms with E-state index in [2.05, 4.69) is 0 Å². The summed E-state index contributed by atoms with van der Waals surface area (Å²) in [6, 6.07) is 13.5. The highest BCUT2D eigenvalue weighted by molar-refractivity contribution is 5.93. The summed E-state index contributed by atoms with van der Waals surface area (Å²) in [4.78, 5) is 11.8. The Hall–Kier alpha value is -2.29. The minimum absolute atomic E-state index is 0.0777. The van der Waals surface area contributed by atoms with Crippen molar-refractivity contribution in [2.45, 2.75) is 6.92 Å². The Balaban J connectivity index is 2.24. The third kappa shape index (κ3) is 2.45. The number of hydrogen-bond donors (Lipinski definition) is 1. The van der Waals surface area contributed by atoms with Gasteiger partial charge < -0.3 is 9.84 Å². The maximum absolute atomic E-state index is 11.8. The van der Waals surface area contributed by atoms with Gasteiger partial charge in [-0.25, -0.2) is 4.79 Å². The van der Waals surface area contributed by atoms with E-state index in [1.807, 2.05) is 19.1 Å². The number of hydrogen-bond acceptors (Lipinski definition) is 3. The van der Waals surface area contributed by atoms with E-state index in [0.29, 0.717) is 5.75 Å². The number of aromatic hydroxyl groups is 1. The lowest BCUT2D eigenvalue weighted by Crippen LogP contribution is -2.09. The maximum atomic E-state index is 11.8. The summed E-state index contributed by atoms with van der Waals surface area (Å²) in [6.07, 6.45) is 0. The quantitative estimate of drug-likeness (QED) is 0.635. The molecule has 0 amide bonds. The largest absolute Gasteiger partial charge is 0.507 e. The van der Waals surface area contributed by atoms with Crippen LogP contribution >= 0.6 is 0 Å². The normalized spacial score (nSPS) is 9.94. The van der Waals surface area contributed by atoms with E-state index >= 15 is 0 Å². The van der Waals surface area contributed by atoms with Gasteiger partial charge in [0.25, 0.3) is 0 Å². The Kier molecular flexibility index (Phi) is 3.10. The third-order valence-corrected chi connectivity index (χ3v) is 2.42. The Bertz CT molecular complexity index is 547. The molecule has 0 saturated carbocycles. The Morgan fingerprint density at radius 1 is 1.06 bits per heavy atom. The van der Waals surface area contributed by atoms with Gasteiger partial charge in [0, 0.05) is 0 Å². The molecule has 2 rings (SSSR count). The molecule has 0 heterocycles. The number of carbonyl (C=O) groups excluding carboxylic acids is 1. The second-order valence-electron chi connectivity index (χ2n) is 3.67. The van der Waals surface area contributed by atoms with E-state index in [0.717, 1.165) is 5.56 Å². The molecule has 0 radical (unpaired) electrons. The van der Waals surface area contributed by atoms with Crippen LogP contribution in [-0.2, 0) is 0 Å². The standard InChI is InChI=1S/C14H12O3/c1-10-6-2-5-9-13(10)17-14(16)11-7-3-4-8-12(11)15/h2-9,15H,1H3. The van der Waals surface area contributed by atoms with Gasteiger partial charge in [0.15, 0.2) is 0 Å². The first-order valence-corrected chi connectivity index (χ1v) is 5.24. The summed E-state index contributed by atoms with van der Waals surface area (Å²) >= 11 is 0. The predicted molar refractivity (Wildman–Crippen MR) is 64.2 cm³/mol. The number of carbonyl (C=O) groups is 1. The van der Waals surface area contributed by atoms with Crippen LogP contribution < -0.4 is 4.74 Å². The van der Waals surface area contributed by atoms with E-state index in [1.54, 1.807) is 24.3 Å². The summed E-state index contributed by atoms with van der Waals surface area (Å²) in [5.74, 6) is -0.135. The highest BCUT2D eigenvalue weighted by Gasteiger charge is 2.13. The second kappa shape index (κ2) is 4.70. The van der Waals surface area contributed by atoms with E-state index in [4.69, 9.17) is 4.74 Å². The average molecular weight is 228 g/mol. The van der Waals surface area contributed by atoms with Gasteiger partial charge in [-0.05, 0) is 30.7 Å². The molecule has 0 fully saturated rings.